The molecule has 0 aromatic carbocycles. The largest absolute Gasteiger partial charge is 0.351 e. The van der Waals surface area contributed by atoms with Crippen molar-refractivity contribution in [2.45, 2.75) is 9.93 Å². The molecule has 0 fully saturated rings. The summed E-state index contributed by atoms with van der Waals surface area (Å²) in [5, 5.41) is 0. The van der Waals surface area contributed by atoms with Crippen LogP contribution in [-0.2, 0) is 17.7 Å². The van der Waals surface area contributed by atoms with E-state index in [1.807, 2.05) is 0 Å². The summed E-state index contributed by atoms with van der Waals surface area (Å²) >= 11 is 9.33. The van der Waals surface area contributed by atoms with Crippen molar-refractivity contribution in [1.82, 2.24) is 0 Å². The van der Waals surface area contributed by atoms with E-state index >= 15 is 0 Å². The summed E-state index contributed by atoms with van der Waals surface area (Å²) in [5.41, 5.74) is 0. The Labute approximate surface area is 76.7 Å². The SMILES string of the molecule is O=S(=O)(C(F)F)S(=O)(=O)C(Cl)Cl. The van der Waals surface area contributed by atoms with Gasteiger partial charge in [-0.15, -0.1) is 0 Å². The fourth-order valence-electron chi connectivity index (χ4n) is 0.203. The summed E-state index contributed by atoms with van der Waals surface area (Å²) < 4.78 is 62.3. The molecule has 4 nitrogen and oxygen atoms in total. The molecular weight excluding hydrogens is 261 g/mol. The van der Waals surface area contributed by atoms with Crippen LogP contribution in [0.3, 0.4) is 0 Å². The lowest BCUT2D eigenvalue weighted by molar-refractivity contribution is 0.238. The summed E-state index contributed by atoms with van der Waals surface area (Å²) in [6.45, 7) is 0. The zero-order chi connectivity index (χ0) is 10.2. The highest BCUT2D eigenvalue weighted by molar-refractivity contribution is 8.68. The lowest BCUT2D eigenvalue weighted by atomic mass is 11.7. The third kappa shape index (κ3) is 1.98. The van der Waals surface area contributed by atoms with Crippen molar-refractivity contribution >= 4 is 40.9 Å². The molecule has 0 atom stereocenters. The Hall–Kier alpha value is 0.340. The molecule has 0 radical (unpaired) electrons. The first-order valence-corrected chi connectivity index (χ1v) is 6.66. The predicted octanol–water partition coefficient (Wildman–Crippen LogP) is 0.715. The van der Waals surface area contributed by atoms with E-state index in [2.05, 4.69) is 23.2 Å². The van der Waals surface area contributed by atoms with Crippen LogP contribution in [0.15, 0.2) is 0 Å². The van der Waals surface area contributed by atoms with Crippen LogP contribution in [0.2, 0.25) is 0 Å². The minimum atomic E-state index is -5.60. The van der Waals surface area contributed by atoms with Crippen LogP contribution in [0.25, 0.3) is 0 Å². The molecule has 10 heteroatoms. The number of rotatable bonds is 3. The zero-order valence-electron chi connectivity index (χ0n) is 5.12. The molecule has 0 saturated carbocycles. The smallest absolute Gasteiger partial charge is 0.209 e. The first-order valence-electron chi connectivity index (χ1n) is 2.18. The fraction of sp³-hybridized carbons (Fsp3) is 1.00. The van der Waals surface area contributed by atoms with Crippen molar-refractivity contribution < 1.29 is 25.6 Å². The second kappa shape index (κ2) is 3.60. The van der Waals surface area contributed by atoms with Gasteiger partial charge in [0.25, 0.3) is 8.87 Å². The van der Waals surface area contributed by atoms with E-state index in [1.54, 1.807) is 0 Å². The topological polar surface area (TPSA) is 68.3 Å². The molecule has 0 saturated heterocycles. The van der Waals surface area contributed by atoms with Crippen molar-refractivity contribution in [1.29, 1.82) is 0 Å². The van der Waals surface area contributed by atoms with Crippen molar-refractivity contribution in [2.24, 2.45) is 0 Å². The molecule has 0 N–H and O–H groups in total. The number of hydrogen-bond donors (Lipinski definition) is 0. The minimum Gasteiger partial charge on any atom is -0.209 e. The molecule has 0 amide bonds. The van der Waals surface area contributed by atoms with Crippen LogP contribution in [0, 0.1) is 0 Å². The third-order valence-corrected chi connectivity index (χ3v) is 7.28. The van der Waals surface area contributed by atoms with Crippen molar-refractivity contribution in [2.75, 3.05) is 0 Å². The normalized spacial score (nSPS) is 14.2. The molecular formula is C2H2Cl2F2O4S2. The molecule has 0 heterocycles. The molecule has 0 bridgehead atoms. The van der Waals surface area contributed by atoms with Crippen molar-refractivity contribution in [3.63, 3.8) is 0 Å². The molecule has 0 rings (SSSR count). The standard InChI is InChI=1S/C2H2Cl2F2O4S2/c3-1(4)11(7,8)12(9,10)2(5)6/h1-2H. The maximum Gasteiger partial charge on any atom is 0.351 e. The second-order valence-corrected chi connectivity index (χ2v) is 8.71. The van der Waals surface area contributed by atoms with Crippen LogP contribution >= 0.6 is 23.2 Å². The Morgan fingerprint density at radius 2 is 1.25 bits per heavy atom. The molecule has 0 spiro atoms. The Kier molecular flexibility index (Phi) is 3.71. The summed E-state index contributed by atoms with van der Waals surface area (Å²) in [7, 11) is -10.8. The van der Waals surface area contributed by atoms with Gasteiger partial charge in [0.15, 0.2) is 0 Å². The maximum absolute atomic E-state index is 11.6. The monoisotopic (exact) mass is 262 g/mol. The van der Waals surface area contributed by atoms with E-state index in [4.69, 9.17) is 0 Å². The second-order valence-electron chi connectivity index (χ2n) is 1.51. The van der Waals surface area contributed by atoms with E-state index < -0.39 is 27.7 Å². The van der Waals surface area contributed by atoms with Gasteiger partial charge in [0, 0.05) is 0 Å². The summed E-state index contributed by atoms with van der Waals surface area (Å²) in [6.07, 6.45) is 0. The molecule has 0 aliphatic heterocycles. The Balaban J connectivity index is 5.37. The number of hydrogen-bond acceptors (Lipinski definition) is 4. The lowest BCUT2D eigenvalue weighted by Crippen LogP contribution is -2.26. The van der Waals surface area contributed by atoms with Crippen molar-refractivity contribution in [3.05, 3.63) is 0 Å². The van der Waals surface area contributed by atoms with E-state index in [0.29, 0.717) is 0 Å². The van der Waals surface area contributed by atoms with Gasteiger partial charge in [-0.3, -0.25) is 0 Å². The highest BCUT2D eigenvalue weighted by Crippen LogP contribution is 2.23. The van der Waals surface area contributed by atoms with Gasteiger partial charge in [0.2, 0.25) is 4.17 Å². The van der Waals surface area contributed by atoms with Crippen LogP contribution in [0.5, 0.6) is 0 Å². The van der Waals surface area contributed by atoms with Gasteiger partial charge in [-0.25, -0.2) is 16.8 Å². The van der Waals surface area contributed by atoms with Gasteiger partial charge in [0.1, 0.15) is 0 Å². The highest BCUT2D eigenvalue weighted by atomic mass is 35.5. The molecule has 74 valence electrons. The third-order valence-electron chi connectivity index (χ3n) is 0.760. The average Bonchev–Trinajstić information content (AvgIpc) is 1.86. The van der Waals surface area contributed by atoms with Gasteiger partial charge in [0.05, 0.1) is 0 Å². The summed E-state index contributed by atoms with van der Waals surface area (Å²) in [5.74, 6) is -4.04. The van der Waals surface area contributed by atoms with Crippen LogP contribution < -0.4 is 0 Å². The highest BCUT2D eigenvalue weighted by Gasteiger charge is 2.43. The molecule has 0 aromatic rings. The zero-order valence-corrected chi connectivity index (χ0v) is 8.26. The Morgan fingerprint density at radius 1 is 0.917 bits per heavy atom. The van der Waals surface area contributed by atoms with Crippen LogP contribution in [0.1, 0.15) is 0 Å². The van der Waals surface area contributed by atoms with Gasteiger partial charge >= 0.3 is 14.6 Å². The van der Waals surface area contributed by atoms with E-state index in [9.17, 15) is 25.6 Å². The van der Waals surface area contributed by atoms with Crippen LogP contribution in [0.4, 0.5) is 8.78 Å². The molecule has 0 aliphatic rings. The molecule has 0 aliphatic carbocycles. The molecule has 0 aromatic heterocycles. The Bertz CT molecular complexity index is 307. The van der Waals surface area contributed by atoms with Gasteiger partial charge in [-0.05, 0) is 0 Å². The first kappa shape index (κ1) is 12.3. The van der Waals surface area contributed by atoms with Crippen LogP contribution in [-0.4, -0.2) is 26.8 Å². The number of alkyl halides is 4. The van der Waals surface area contributed by atoms with E-state index in [1.165, 1.54) is 0 Å². The first-order chi connectivity index (χ1) is 5.14. The summed E-state index contributed by atoms with van der Waals surface area (Å²) in [6, 6.07) is 0. The van der Waals surface area contributed by atoms with E-state index in [0.717, 1.165) is 0 Å². The lowest BCUT2D eigenvalue weighted by Gasteiger charge is -2.03. The van der Waals surface area contributed by atoms with E-state index in [-0.39, 0.29) is 0 Å². The van der Waals surface area contributed by atoms with Gasteiger partial charge < -0.3 is 0 Å². The molecule has 12 heavy (non-hydrogen) atoms. The summed E-state index contributed by atoms with van der Waals surface area (Å²) in [4.78, 5) is 0. The average molecular weight is 263 g/mol. The van der Waals surface area contributed by atoms with Gasteiger partial charge in [-0.1, -0.05) is 23.2 Å². The minimum absolute atomic E-state index is 2.41. The maximum atomic E-state index is 11.6. The quantitative estimate of drug-likeness (QED) is 0.555. The van der Waals surface area contributed by atoms with Crippen molar-refractivity contribution in [3.8, 4) is 0 Å². The fourth-order valence-corrected chi connectivity index (χ4v) is 3.65. The number of halogens is 4. The van der Waals surface area contributed by atoms with Gasteiger partial charge in [-0.2, -0.15) is 8.78 Å². The molecule has 0 unspecified atom stereocenters. The predicted molar refractivity (Wildman–Crippen MR) is 39.3 cm³/mol. The Morgan fingerprint density at radius 3 is 1.33 bits per heavy atom.